The Bertz CT molecular complexity index is 1740. The van der Waals surface area contributed by atoms with Crippen molar-refractivity contribution in [3.05, 3.63) is 36.4 Å². The van der Waals surface area contributed by atoms with Crippen LogP contribution in [0.4, 0.5) is 11.8 Å². The molecule has 2 N–H and O–H groups in total. The Morgan fingerprint density at radius 1 is 1.21 bits per heavy atom. The number of amides is 1. The summed E-state index contributed by atoms with van der Waals surface area (Å²) >= 11 is 0. The summed E-state index contributed by atoms with van der Waals surface area (Å²) in [5, 5.41) is -0.260. The first-order valence-electron chi connectivity index (χ1n) is 16.8. The molecule has 1 unspecified atom stereocenters. The SMILES string of the molecule is [2H]N([2H])c1nc(N2C([2H])([2H])CN(C(=O)C3([2H])Oc4ccccc4OC3([2H])[2H])CC2([2H])[2H])nc2cc(OC([2H])([2H])[2H])c(OC([2H])([2H])[2H])cc12. The number of benzene rings is 2. The minimum atomic E-state index is -3.13. The molecular formula is C23H25N5O5. The van der Waals surface area contributed by atoms with Crippen LogP contribution in [0.1, 0.15) is 17.8 Å². The van der Waals surface area contributed by atoms with Crippen molar-refractivity contribution < 1.29 is 44.4 Å². The van der Waals surface area contributed by atoms with E-state index < -0.39 is 82.0 Å². The fraction of sp³-hybridized carbons (Fsp3) is 0.348. The van der Waals surface area contributed by atoms with Gasteiger partial charge in [-0.05, 0) is 18.2 Å². The number of piperazine rings is 1. The summed E-state index contributed by atoms with van der Waals surface area (Å²) in [4.78, 5) is 22.7. The van der Waals surface area contributed by atoms with Crippen molar-refractivity contribution in [1.82, 2.24) is 14.9 Å². The van der Waals surface area contributed by atoms with Gasteiger partial charge in [0.2, 0.25) is 12.0 Å². The molecule has 10 heteroatoms. The zero-order valence-electron chi connectivity index (χ0n) is 31.7. The number of ether oxygens (including phenoxy) is 4. The van der Waals surface area contributed by atoms with E-state index in [4.69, 9.17) is 39.6 Å². The molecule has 0 saturated carbocycles. The highest BCUT2D eigenvalue weighted by Gasteiger charge is 2.33. The Morgan fingerprint density at radius 2 is 1.97 bits per heavy atom. The molecule has 3 heterocycles. The van der Waals surface area contributed by atoms with Crippen molar-refractivity contribution in [1.29, 1.82) is 0 Å². The molecular weight excluding hydrogens is 426 g/mol. The monoisotopic (exact) mass is 466 g/mol. The van der Waals surface area contributed by atoms with Crippen molar-refractivity contribution in [2.75, 3.05) is 57.3 Å². The number of nitrogen functional groups attached to an aromatic ring is 1. The lowest BCUT2D eigenvalue weighted by molar-refractivity contribution is -0.141. The summed E-state index contributed by atoms with van der Waals surface area (Å²) in [7, 11) is -6.21. The number of rotatable bonds is 5. The van der Waals surface area contributed by atoms with Crippen molar-refractivity contribution in [2.24, 2.45) is 0 Å². The maximum atomic E-state index is 13.7. The van der Waals surface area contributed by atoms with Gasteiger partial charge in [0.25, 0.3) is 5.91 Å². The molecule has 0 bridgehead atoms. The fourth-order valence-corrected chi connectivity index (χ4v) is 3.16. The molecule has 2 aliphatic heterocycles. The van der Waals surface area contributed by atoms with Gasteiger partial charge in [-0.25, -0.2) is 4.98 Å². The molecule has 1 aromatic heterocycles. The van der Waals surface area contributed by atoms with Gasteiger partial charge in [0.05, 0.1) is 37.4 Å². The molecule has 1 saturated heterocycles. The Morgan fingerprint density at radius 3 is 2.73 bits per heavy atom. The Balaban J connectivity index is 1.57. The van der Waals surface area contributed by atoms with Gasteiger partial charge in [0.15, 0.2) is 25.8 Å². The number of anilines is 2. The van der Waals surface area contributed by atoms with Gasteiger partial charge in [0.1, 0.15) is 12.4 Å². The molecule has 2 aliphatic rings. The summed E-state index contributed by atoms with van der Waals surface area (Å²) in [5.74, 6) is -4.44. The molecule has 172 valence electrons. The molecule has 0 spiro atoms. The first-order valence-corrected chi connectivity index (χ1v) is 9.42. The van der Waals surface area contributed by atoms with E-state index in [0.717, 1.165) is 12.1 Å². The normalized spacial score (nSPS) is 31.8. The zero-order chi connectivity index (χ0) is 35.8. The van der Waals surface area contributed by atoms with E-state index in [0.29, 0.717) is 9.80 Å². The maximum absolute atomic E-state index is 13.7. The van der Waals surface area contributed by atoms with Gasteiger partial charge >= 0.3 is 0 Å². The number of para-hydroxylation sites is 2. The molecule has 10 nitrogen and oxygen atoms in total. The van der Waals surface area contributed by atoms with E-state index in [-0.39, 0.29) is 28.1 Å². The van der Waals surface area contributed by atoms with Gasteiger partial charge in [-0.2, -0.15) is 4.98 Å². The Hall–Kier alpha value is -3.95. The Labute approximate surface area is 212 Å². The third-order valence-corrected chi connectivity index (χ3v) is 4.78. The number of hydrogen-bond acceptors (Lipinski definition) is 9. The minimum Gasteiger partial charge on any atom is -0.493 e. The van der Waals surface area contributed by atoms with Gasteiger partial charge in [-0.15, -0.1) is 0 Å². The second kappa shape index (κ2) is 8.53. The molecule has 1 atom stereocenters. The molecule has 0 radical (unpaired) electrons. The van der Waals surface area contributed by atoms with E-state index in [1.807, 2.05) is 0 Å². The fourth-order valence-electron chi connectivity index (χ4n) is 3.16. The van der Waals surface area contributed by atoms with Crippen LogP contribution in [-0.4, -0.2) is 73.6 Å². The van der Waals surface area contributed by atoms with Crippen LogP contribution in [0.5, 0.6) is 23.0 Å². The zero-order valence-corrected chi connectivity index (χ0v) is 16.7. The van der Waals surface area contributed by atoms with Crippen molar-refractivity contribution in [2.45, 2.75) is 6.08 Å². The van der Waals surface area contributed by atoms with Crippen LogP contribution >= 0.6 is 0 Å². The first-order chi connectivity index (χ1) is 21.8. The summed E-state index contributed by atoms with van der Waals surface area (Å²) in [5.41, 5.74) is -0.405. The van der Waals surface area contributed by atoms with E-state index in [9.17, 15) is 4.79 Å². The van der Waals surface area contributed by atoms with Crippen LogP contribution in [0.25, 0.3) is 10.9 Å². The van der Waals surface area contributed by atoms with E-state index in [2.05, 4.69) is 9.97 Å². The topological polar surface area (TPSA) is 112 Å². The van der Waals surface area contributed by atoms with Gasteiger partial charge in [-0.1, -0.05) is 12.1 Å². The highest BCUT2D eigenvalue weighted by atomic mass is 16.6. The number of methoxy groups -OCH3 is 2. The lowest BCUT2D eigenvalue weighted by Gasteiger charge is -2.37. The molecule has 0 aliphatic carbocycles. The lowest BCUT2D eigenvalue weighted by Crippen LogP contribution is -2.54. The summed E-state index contributed by atoms with van der Waals surface area (Å²) in [6.07, 6.45) is -3.13. The lowest BCUT2D eigenvalue weighted by atomic mass is 10.2. The molecule has 33 heavy (non-hydrogen) atoms. The third-order valence-electron chi connectivity index (χ3n) is 4.78. The van der Waals surface area contributed by atoms with Gasteiger partial charge < -0.3 is 34.5 Å². The van der Waals surface area contributed by atoms with Gasteiger partial charge in [0, 0.05) is 37.5 Å². The third kappa shape index (κ3) is 3.88. The standard InChI is InChI=1S/C23H25N5O5/c1-30-18-11-14-15(12-19(18)31-2)25-23(26-21(14)24)28-9-7-27(8-10-28)22(29)20-13-32-16-5-3-4-6-17(16)33-20/h3-6,11-12,20H,7-10,13H2,1-2H3,(H2,24,25,26)/i1D3,2D3,9D2,10D2,13D2,20D/hD2. The predicted molar refractivity (Wildman–Crippen MR) is 122 cm³/mol. The van der Waals surface area contributed by atoms with Crippen LogP contribution in [-0.2, 0) is 4.79 Å². The van der Waals surface area contributed by atoms with Crippen LogP contribution in [0.3, 0.4) is 0 Å². The molecule has 2 aromatic carbocycles. The smallest absolute Gasteiger partial charge is 0.267 e. The van der Waals surface area contributed by atoms with Crippen LogP contribution in [0, 0.1) is 0 Å². The number of nitrogens with two attached hydrogens (primary N) is 1. The number of nitrogens with zero attached hydrogens (tertiary/aromatic N) is 4. The highest BCUT2D eigenvalue weighted by molar-refractivity contribution is 5.91. The van der Waals surface area contributed by atoms with E-state index in [1.54, 1.807) is 0 Å². The highest BCUT2D eigenvalue weighted by Crippen LogP contribution is 2.34. The van der Waals surface area contributed by atoms with Crippen LogP contribution < -0.4 is 29.6 Å². The molecule has 1 fully saturated rings. The van der Waals surface area contributed by atoms with Crippen LogP contribution in [0.15, 0.2) is 36.4 Å². The molecule has 1 amide bonds. The largest absolute Gasteiger partial charge is 0.493 e. The van der Waals surface area contributed by atoms with E-state index in [1.165, 1.54) is 24.3 Å². The second-order valence-corrected chi connectivity index (χ2v) is 6.76. The minimum absolute atomic E-state index is 0.0635. The second-order valence-electron chi connectivity index (χ2n) is 6.76. The quantitative estimate of drug-likeness (QED) is 0.600. The maximum Gasteiger partial charge on any atom is 0.267 e. The summed E-state index contributed by atoms with van der Waals surface area (Å²) in [6.45, 7) is -10.9. The van der Waals surface area contributed by atoms with Crippen molar-refractivity contribution in [3.8, 4) is 23.0 Å². The van der Waals surface area contributed by atoms with Crippen molar-refractivity contribution in [3.63, 3.8) is 0 Å². The Kier molecular flexibility index (Phi) is 2.56. The number of fused-ring (bicyclic) bond motifs is 2. The van der Waals surface area contributed by atoms with Gasteiger partial charge in [-0.3, -0.25) is 4.79 Å². The number of carbonyl (C=O) groups is 1. The summed E-state index contributed by atoms with van der Waals surface area (Å²) in [6, 6.07) is 7.42. The number of hydrogen-bond donors (Lipinski definition) is 1. The average Bonchev–Trinajstić information content (AvgIpc) is 2.90. The van der Waals surface area contributed by atoms with E-state index >= 15 is 0 Å². The number of aromatic nitrogens is 2. The first kappa shape index (κ1) is 9.90. The van der Waals surface area contributed by atoms with Crippen molar-refractivity contribution >= 4 is 28.6 Å². The number of carbonyl (C=O) groups excluding carboxylic acids is 1. The predicted octanol–water partition coefficient (Wildman–Crippen LogP) is 1.72. The molecule has 3 aromatic rings. The van der Waals surface area contributed by atoms with Crippen LogP contribution in [0.2, 0.25) is 2.82 Å². The summed E-state index contributed by atoms with van der Waals surface area (Å²) < 4.78 is 141. The molecule has 5 rings (SSSR count). The average molecular weight is 467 g/mol.